The van der Waals surface area contributed by atoms with Crippen LogP contribution in [0.25, 0.3) is 0 Å². The first-order chi connectivity index (χ1) is 11.1. The molecule has 0 radical (unpaired) electrons. The van der Waals surface area contributed by atoms with E-state index in [1.54, 1.807) is 22.6 Å². The minimum Gasteiger partial charge on any atom is -0.272 e. The Kier molecular flexibility index (Phi) is 4.82. The smallest absolute Gasteiger partial charge is 0.243 e. The fourth-order valence-electron chi connectivity index (χ4n) is 3.05. The molecule has 2 heterocycles. The molecule has 6 heteroatoms. The molecule has 1 aromatic carbocycles. The number of piperidine rings is 1. The van der Waals surface area contributed by atoms with Crippen LogP contribution in [0.2, 0.25) is 0 Å². The fraction of sp³-hybridized carbons (Fsp3) is 0.471. The van der Waals surface area contributed by atoms with Gasteiger partial charge in [0, 0.05) is 32.0 Å². The molecule has 1 aromatic heterocycles. The zero-order valence-corrected chi connectivity index (χ0v) is 14.2. The van der Waals surface area contributed by atoms with Crippen LogP contribution in [0.3, 0.4) is 0 Å². The number of aromatic nitrogens is 2. The van der Waals surface area contributed by atoms with Gasteiger partial charge in [-0.3, -0.25) is 4.68 Å². The summed E-state index contributed by atoms with van der Waals surface area (Å²) in [5.41, 5.74) is 1.15. The van der Waals surface area contributed by atoms with E-state index in [1.165, 1.54) is 0 Å². The Labute approximate surface area is 138 Å². The van der Waals surface area contributed by atoms with Crippen molar-refractivity contribution in [3.8, 4) is 0 Å². The largest absolute Gasteiger partial charge is 0.272 e. The van der Waals surface area contributed by atoms with Gasteiger partial charge < -0.3 is 0 Å². The van der Waals surface area contributed by atoms with Crippen LogP contribution >= 0.6 is 0 Å². The van der Waals surface area contributed by atoms with Crippen molar-refractivity contribution in [2.24, 2.45) is 5.92 Å². The van der Waals surface area contributed by atoms with Gasteiger partial charge >= 0.3 is 0 Å². The molecular weight excluding hydrogens is 310 g/mol. The monoisotopic (exact) mass is 333 g/mol. The van der Waals surface area contributed by atoms with E-state index >= 15 is 0 Å². The van der Waals surface area contributed by atoms with E-state index in [2.05, 4.69) is 12.0 Å². The van der Waals surface area contributed by atoms with Crippen molar-refractivity contribution in [1.29, 1.82) is 0 Å². The molecule has 0 spiro atoms. The van der Waals surface area contributed by atoms with Crippen molar-refractivity contribution in [3.05, 3.63) is 48.3 Å². The second kappa shape index (κ2) is 6.84. The van der Waals surface area contributed by atoms with Crippen LogP contribution in [-0.2, 0) is 23.0 Å². The van der Waals surface area contributed by atoms with Crippen molar-refractivity contribution in [1.82, 2.24) is 14.1 Å². The molecule has 0 saturated carbocycles. The molecule has 23 heavy (non-hydrogen) atoms. The minimum atomic E-state index is -3.36. The van der Waals surface area contributed by atoms with Gasteiger partial charge in [-0.15, -0.1) is 0 Å². The van der Waals surface area contributed by atoms with E-state index < -0.39 is 10.0 Å². The standard InChI is InChI=1S/C17H23N3O2S/c1-2-15-4-6-17(7-5-15)23(21,22)20-12-8-16(9-13-20)14-19-11-3-10-18-19/h3-7,10-11,16H,2,8-9,12-14H2,1H3. The van der Waals surface area contributed by atoms with Gasteiger partial charge in [0.1, 0.15) is 0 Å². The van der Waals surface area contributed by atoms with Gasteiger partial charge in [0.05, 0.1) is 4.90 Å². The van der Waals surface area contributed by atoms with Crippen molar-refractivity contribution in [2.75, 3.05) is 13.1 Å². The maximum absolute atomic E-state index is 12.7. The average molecular weight is 333 g/mol. The van der Waals surface area contributed by atoms with Gasteiger partial charge in [0.25, 0.3) is 0 Å². The summed E-state index contributed by atoms with van der Waals surface area (Å²) in [5, 5.41) is 4.23. The Balaban J connectivity index is 1.63. The number of rotatable bonds is 5. The number of hydrogen-bond acceptors (Lipinski definition) is 3. The first-order valence-electron chi connectivity index (χ1n) is 8.16. The summed E-state index contributed by atoms with van der Waals surface area (Å²) < 4.78 is 29.0. The molecule has 124 valence electrons. The molecular formula is C17H23N3O2S. The van der Waals surface area contributed by atoms with Gasteiger partial charge in [-0.25, -0.2) is 8.42 Å². The van der Waals surface area contributed by atoms with Crippen molar-refractivity contribution >= 4 is 10.0 Å². The predicted molar refractivity (Wildman–Crippen MR) is 89.5 cm³/mol. The summed E-state index contributed by atoms with van der Waals surface area (Å²) >= 11 is 0. The third kappa shape index (κ3) is 3.64. The van der Waals surface area contributed by atoms with E-state index in [-0.39, 0.29) is 0 Å². The molecule has 1 aliphatic heterocycles. The zero-order valence-electron chi connectivity index (χ0n) is 13.4. The van der Waals surface area contributed by atoms with E-state index in [1.807, 2.05) is 29.1 Å². The lowest BCUT2D eigenvalue weighted by molar-refractivity contribution is 0.247. The molecule has 0 amide bonds. The van der Waals surface area contributed by atoms with Crippen LogP contribution in [-0.4, -0.2) is 35.6 Å². The summed E-state index contributed by atoms with van der Waals surface area (Å²) in [5.74, 6) is 0.490. The Bertz CT molecular complexity index is 716. The molecule has 0 bridgehead atoms. The van der Waals surface area contributed by atoms with Gasteiger partial charge in [-0.2, -0.15) is 9.40 Å². The highest BCUT2D eigenvalue weighted by Crippen LogP contribution is 2.25. The molecule has 1 fully saturated rings. The van der Waals surface area contributed by atoms with Crippen LogP contribution in [0.5, 0.6) is 0 Å². The Hall–Kier alpha value is -1.66. The van der Waals surface area contributed by atoms with Crippen molar-refractivity contribution in [2.45, 2.75) is 37.6 Å². The first kappa shape index (κ1) is 16.2. The lowest BCUT2D eigenvalue weighted by Gasteiger charge is -2.31. The Morgan fingerprint density at radius 1 is 1.17 bits per heavy atom. The fourth-order valence-corrected chi connectivity index (χ4v) is 4.52. The second-order valence-corrected chi connectivity index (χ2v) is 8.01. The van der Waals surface area contributed by atoms with Crippen molar-refractivity contribution in [3.63, 3.8) is 0 Å². The summed E-state index contributed by atoms with van der Waals surface area (Å²) in [7, 11) is -3.36. The molecule has 1 saturated heterocycles. The van der Waals surface area contributed by atoms with E-state index in [9.17, 15) is 8.42 Å². The zero-order chi connectivity index (χ0) is 16.3. The van der Waals surface area contributed by atoms with Gasteiger partial charge in [-0.1, -0.05) is 19.1 Å². The molecule has 0 N–H and O–H groups in total. The molecule has 0 unspecified atom stereocenters. The van der Waals surface area contributed by atoms with E-state index in [0.717, 1.165) is 31.4 Å². The molecule has 1 aliphatic rings. The SMILES string of the molecule is CCc1ccc(S(=O)(=O)N2CCC(Cn3cccn3)CC2)cc1. The Morgan fingerprint density at radius 3 is 2.43 bits per heavy atom. The van der Waals surface area contributed by atoms with Crippen molar-refractivity contribution < 1.29 is 8.42 Å². The van der Waals surface area contributed by atoms with Crippen LogP contribution in [0, 0.1) is 5.92 Å². The summed E-state index contributed by atoms with van der Waals surface area (Å²) in [4.78, 5) is 0.403. The maximum Gasteiger partial charge on any atom is 0.243 e. The highest BCUT2D eigenvalue weighted by Gasteiger charge is 2.29. The predicted octanol–water partition coefficient (Wildman–Crippen LogP) is 2.55. The normalized spacial score (nSPS) is 17.4. The number of sulfonamides is 1. The summed E-state index contributed by atoms with van der Waals surface area (Å²) in [6.45, 7) is 4.10. The maximum atomic E-state index is 12.7. The van der Waals surface area contributed by atoms with Crippen LogP contribution in [0.15, 0.2) is 47.6 Å². The topological polar surface area (TPSA) is 55.2 Å². The van der Waals surface area contributed by atoms with Gasteiger partial charge in [0.2, 0.25) is 10.0 Å². The van der Waals surface area contributed by atoms with Crippen LogP contribution in [0.1, 0.15) is 25.3 Å². The third-order valence-electron chi connectivity index (χ3n) is 4.55. The molecule has 0 aliphatic carbocycles. The lowest BCUT2D eigenvalue weighted by atomic mass is 9.98. The van der Waals surface area contributed by atoms with E-state index in [0.29, 0.717) is 23.9 Å². The molecule has 2 aromatic rings. The highest BCUT2D eigenvalue weighted by atomic mass is 32.2. The van der Waals surface area contributed by atoms with Gasteiger partial charge in [0.15, 0.2) is 0 Å². The first-order valence-corrected chi connectivity index (χ1v) is 9.60. The highest BCUT2D eigenvalue weighted by molar-refractivity contribution is 7.89. The number of hydrogen-bond donors (Lipinski definition) is 0. The van der Waals surface area contributed by atoms with Crippen LogP contribution < -0.4 is 0 Å². The van der Waals surface area contributed by atoms with E-state index in [4.69, 9.17) is 0 Å². The number of aryl methyl sites for hydroxylation is 1. The Morgan fingerprint density at radius 2 is 1.87 bits per heavy atom. The number of benzene rings is 1. The minimum absolute atomic E-state index is 0.403. The third-order valence-corrected chi connectivity index (χ3v) is 6.46. The van der Waals surface area contributed by atoms with Crippen LogP contribution in [0.4, 0.5) is 0 Å². The average Bonchev–Trinajstić information content (AvgIpc) is 3.08. The molecule has 3 rings (SSSR count). The second-order valence-electron chi connectivity index (χ2n) is 6.07. The lowest BCUT2D eigenvalue weighted by Crippen LogP contribution is -2.39. The molecule has 5 nitrogen and oxygen atoms in total. The van der Waals surface area contributed by atoms with Gasteiger partial charge in [-0.05, 0) is 48.9 Å². The summed E-state index contributed by atoms with van der Waals surface area (Å²) in [6.07, 6.45) is 6.41. The quantitative estimate of drug-likeness (QED) is 0.845. The molecule has 0 atom stereocenters. The summed E-state index contributed by atoms with van der Waals surface area (Å²) in [6, 6.07) is 9.17. The number of nitrogens with zero attached hydrogens (tertiary/aromatic N) is 3.